The van der Waals surface area contributed by atoms with Gasteiger partial charge in [0.1, 0.15) is 12.4 Å². The molecule has 2 N–H and O–H groups in total. The second-order valence-corrected chi connectivity index (χ2v) is 7.77. The molecule has 0 aromatic heterocycles. The summed E-state index contributed by atoms with van der Waals surface area (Å²) >= 11 is 1.41. The van der Waals surface area contributed by atoms with Crippen LogP contribution in [-0.2, 0) is 33.4 Å². The third kappa shape index (κ3) is 15.0. The van der Waals surface area contributed by atoms with Gasteiger partial charge < -0.3 is 29.6 Å². The number of carbonyl (C=O) groups is 4. The summed E-state index contributed by atoms with van der Waals surface area (Å²) in [6.45, 7) is 5.62. The van der Waals surface area contributed by atoms with Gasteiger partial charge >= 0.3 is 0 Å². The van der Waals surface area contributed by atoms with Crippen molar-refractivity contribution in [2.45, 2.75) is 31.4 Å². The Morgan fingerprint density at radius 1 is 1.13 bits per heavy atom. The summed E-state index contributed by atoms with van der Waals surface area (Å²) in [5.41, 5.74) is 0. The number of methoxy groups -OCH3 is 1. The van der Waals surface area contributed by atoms with E-state index in [0.717, 1.165) is 6.54 Å². The molecule has 1 atom stereocenters. The third-order valence-electron chi connectivity index (χ3n) is 4.11. The number of likely N-dealkylation sites (tertiary alicyclic amines) is 1. The lowest BCUT2D eigenvalue weighted by Gasteiger charge is -2.13. The summed E-state index contributed by atoms with van der Waals surface area (Å²) < 4.78 is 15.1. The summed E-state index contributed by atoms with van der Waals surface area (Å²) in [7, 11) is 3.36. The van der Waals surface area contributed by atoms with Crippen molar-refractivity contribution >= 4 is 35.3 Å². The second kappa shape index (κ2) is 19.2. The van der Waals surface area contributed by atoms with Gasteiger partial charge in [0.15, 0.2) is 0 Å². The molecule has 1 unspecified atom stereocenters. The fourth-order valence-corrected chi connectivity index (χ4v) is 3.14. The number of hydrogen-bond donors (Lipinski definition) is 2. The van der Waals surface area contributed by atoms with Crippen LogP contribution in [0.2, 0.25) is 0 Å². The first-order chi connectivity index (χ1) is 14.9. The number of ether oxygens (including phenoxy) is 3. The molecule has 180 valence electrons. The van der Waals surface area contributed by atoms with Crippen LogP contribution in [0.15, 0.2) is 0 Å². The van der Waals surface area contributed by atoms with E-state index < -0.39 is 0 Å². The Labute approximate surface area is 189 Å². The number of ketones is 1. The summed E-state index contributed by atoms with van der Waals surface area (Å²) in [6.07, 6.45) is 3.14. The first-order valence-electron chi connectivity index (χ1n) is 10.3. The van der Waals surface area contributed by atoms with Gasteiger partial charge in [-0.2, -0.15) is 11.8 Å². The third-order valence-corrected chi connectivity index (χ3v) is 5.05. The van der Waals surface area contributed by atoms with E-state index in [2.05, 4.69) is 15.4 Å². The van der Waals surface area contributed by atoms with E-state index in [0.29, 0.717) is 58.8 Å². The molecule has 1 saturated heterocycles. The molecular weight excluding hydrogens is 426 g/mol. The quantitative estimate of drug-likeness (QED) is 0.237. The first kappa shape index (κ1) is 29.5. The van der Waals surface area contributed by atoms with Crippen molar-refractivity contribution < 1.29 is 33.4 Å². The Morgan fingerprint density at radius 3 is 2.29 bits per heavy atom. The Bertz CT molecular complexity index is 549. The van der Waals surface area contributed by atoms with Gasteiger partial charge in [-0.25, -0.2) is 0 Å². The molecule has 1 aliphatic heterocycles. The molecule has 1 fully saturated rings. The molecular formula is C20H37N3O7S. The summed E-state index contributed by atoms with van der Waals surface area (Å²) in [5, 5.41) is 5.42. The van der Waals surface area contributed by atoms with Crippen LogP contribution >= 0.6 is 11.8 Å². The van der Waals surface area contributed by atoms with Crippen LogP contribution in [0.4, 0.5) is 0 Å². The minimum atomic E-state index is -0.213. The van der Waals surface area contributed by atoms with Gasteiger partial charge in [-0.1, -0.05) is 0 Å². The molecule has 0 radical (unpaired) electrons. The highest BCUT2D eigenvalue weighted by atomic mass is 32.2. The minimum absolute atomic E-state index is 0.0904. The molecule has 0 saturated carbocycles. The van der Waals surface area contributed by atoms with Crippen LogP contribution in [0.25, 0.3) is 0 Å². The Hall–Kier alpha value is -1.53. The second-order valence-electron chi connectivity index (χ2n) is 6.73. The molecule has 31 heavy (non-hydrogen) atoms. The van der Waals surface area contributed by atoms with E-state index in [-0.39, 0.29) is 35.4 Å². The topological polar surface area (TPSA) is 123 Å². The Balaban J connectivity index is 0.000000581. The van der Waals surface area contributed by atoms with Crippen LogP contribution in [0, 0.1) is 0 Å². The predicted octanol–water partition coefficient (Wildman–Crippen LogP) is -0.152. The Kier molecular flexibility index (Phi) is 18.2. The lowest BCUT2D eigenvalue weighted by atomic mass is 10.2. The van der Waals surface area contributed by atoms with E-state index in [1.54, 1.807) is 0 Å². The van der Waals surface area contributed by atoms with Crippen LogP contribution in [0.3, 0.4) is 0 Å². The lowest BCUT2D eigenvalue weighted by molar-refractivity contribution is -0.138. The van der Waals surface area contributed by atoms with Gasteiger partial charge in [-0.05, 0) is 26.6 Å². The van der Waals surface area contributed by atoms with Gasteiger partial charge in [0, 0.05) is 39.6 Å². The van der Waals surface area contributed by atoms with Gasteiger partial charge in [-0.3, -0.25) is 19.3 Å². The van der Waals surface area contributed by atoms with Crippen molar-refractivity contribution in [3.8, 4) is 0 Å². The van der Waals surface area contributed by atoms with E-state index in [9.17, 15) is 19.2 Å². The standard InChI is InChI=1S/C10H22N2O4.C10H15NO3S/c1-11-3-5-15-7-8-16-6-4-12-10(13)9-14-2;1-7(12)4-3-5-11-9(13)6-8(15-2)10(11)14/h11H,3-9H2,1-2H3,(H,12,13);8H,3-6H2,1-2H3. The maximum Gasteiger partial charge on any atom is 0.246 e. The lowest BCUT2D eigenvalue weighted by Crippen LogP contribution is -2.32. The van der Waals surface area contributed by atoms with Gasteiger partial charge in [0.2, 0.25) is 17.7 Å². The summed E-state index contributed by atoms with van der Waals surface area (Å²) in [4.78, 5) is 46.0. The van der Waals surface area contributed by atoms with E-state index in [1.165, 1.54) is 30.7 Å². The smallest absolute Gasteiger partial charge is 0.246 e. The molecule has 0 aromatic rings. The average Bonchev–Trinajstić information content (AvgIpc) is 3.00. The van der Waals surface area contributed by atoms with Crippen molar-refractivity contribution in [3.05, 3.63) is 0 Å². The number of rotatable bonds is 16. The molecule has 1 aliphatic rings. The normalized spacial score (nSPS) is 15.6. The number of nitrogens with zero attached hydrogens (tertiary/aromatic N) is 1. The van der Waals surface area contributed by atoms with Gasteiger partial charge in [-0.15, -0.1) is 0 Å². The number of carbonyl (C=O) groups excluding carboxylic acids is 4. The highest BCUT2D eigenvalue weighted by molar-refractivity contribution is 8.00. The highest BCUT2D eigenvalue weighted by Crippen LogP contribution is 2.23. The summed E-state index contributed by atoms with van der Waals surface area (Å²) in [6, 6.07) is 0. The van der Waals surface area contributed by atoms with Crippen molar-refractivity contribution in [1.82, 2.24) is 15.5 Å². The number of imide groups is 1. The van der Waals surface area contributed by atoms with Crippen molar-refractivity contribution in [2.24, 2.45) is 0 Å². The minimum Gasteiger partial charge on any atom is -0.378 e. The number of thioether (sulfide) groups is 1. The number of hydrogen-bond acceptors (Lipinski definition) is 9. The molecule has 1 rings (SSSR count). The van der Waals surface area contributed by atoms with E-state index in [4.69, 9.17) is 9.47 Å². The Morgan fingerprint density at radius 2 is 1.77 bits per heavy atom. The molecule has 3 amide bonds. The van der Waals surface area contributed by atoms with E-state index in [1.807, 2.05) is 13.3 Å². The zero-order chi connectivity index (χ0) is 23.5. The van der Waals surface area contributed by atoms with Crippen molar-refractivity contribution in [3.63, 3.8) is 0 Å². The predicted molar refractivity (Wildman–Crippen MR) is 119 cm³/mol. The molecule has 0 spiro atoms. The number of nitrogens with one attached hydrogen (secondary N) is 2. The number of likely N-dealkylation sites (N-methyl/N-ethyl adjacent to an activating group) is 1. The average molecular weight is 464 g/mol. The SMILES string of the molecule is CNCCOCCOCCNC(=O)COC.CSC1CC(=O)N(CCCC(C)=O)C1=O. The number of amides is 3. The molecule has 10 nitrogen and oxygen atoms in total. The van der Waals surface area contributed by atoms with Gasteiger partial charge in [0.25, 0.3) is 0 Å². The maximum atomic E-state index is 11.6. The molecule has 11 heteroatoms. The molecule has 1 heterocycles. The fourth-order valence-electron chi connectivity index (χ4n) is 2.50. The van der Waals surface area contributed by atoms with Crippen molar-refractivity contribution in [2.75, 3.05) is 73.1 Å². The fraction of sp³-hybridized carbons (Fsp3) is 0.800. The largest absolute Gasteiger partial charge is 0.378 e. The van der Waals surface area contributed by atoms with Crippen LogP contribution in [0.1, 0.15) is 26.2 Å². The first-order valence-corrected chi connectivity index (χ1v) is 11.6. The number of Topliss-reactive ketones (excluding diaryl/α,β-unsaturated/α-hetero) is 1. The van der Waals surface area contributed by atoms with Crippen LogP contribution in [-0.4, -0.2) is 107 Å². The highest BCUT2D eigenvalue weighted by Gasteiger charge is 2.37. The van der Waals surface area contributed by atoms with Crippen LogP contribution < -0.4 is 10.6 Å². The van der Waals surface area contributed by atoms with Crippen molar-refractivity contribution in [1.29, 1.82) is 0 Å². The maximum absolute atomic E-state index is 11.6. The van der Waals surface area contributed by atoms with E-state index >= 15 is 0 Å². The zero-order valence-corrected chi connectivity index (χ0v) is 19.9. The molecule has 0 bridgehead atoms. The van der Waals surface area contributed by atoms with Gasteiger partial charge in [0.05, 0.1) is 31.7 Å². The van der Waals surface area contributed by atoms with Crippen LogP contribution in [0.5, 0.6) is 0 Å². The monoisotopic (exact) mass is 463 g/mol. The zero-order valence-electron chi connectivity index (χ0n) is 19.1. The summed E-state index contributed by atoms with van der Waals surface area (Å²) in [5.74, 6) is -0.245. The molecule has 0 aromatic carbocycles. The molecule has 0 aliphatic carbocycles.